The predicted octanol–water partition coefficient (Wildman–Crippen LogP) is 5.89. The van der Waals surface area contributed by atoms with Gasteiger partial charge in [0.05, 0.1) is 0 Å². The molecule has 2 aromatic carbocycles. The lowest BCUT2D eigenvalue weighted by molar-refractivity contribution is 0.0703. The standard InChI is InChI=1S/C24H26O/c1-2-3-4-16-5-7-18-14-22-19(13-20(18)11-16)9-10-24(23(22)25)15-17-6-8-21(24)12-17/h5-8,11,13-14,17,21H,2-4,9-10,12,15H2,1H3. The largest absolute Gasteiger partial charge is 0.294 e. The molecule has 1 nitrogen and oxygen atoms in total. The first-order chi connectivity index (χ1) is 12.2. The number of carbonyl (C=O) groups excluding carboxylic acids is 1. The lowest BCUT2D eigenvalue weighted by atomic mass is 9.63. The second kappa shape index (κ2) is 5.56. The van der Waals surface area contributed by atoms with Crippen molar-refractivity contribution in [2.75, 3.05) is 0 Å². The molecule has 1 spiro atoms. The lowest BCUT2D eigenvalue weighted by Crippen LogP contribution is -2.39. The van der Waals surface area contributed by atoms with Crippen molar-refractivity contribution in [1.82, 2.24) is 0 Å². The molecular formula is C24H26O. The summed E-state index contributed by atoms with van der Waals surface area (Å²) in [6.45, 7) is 2.24. The Kier molecular flexibility index (Phi) is 3.42. The number of rotatable bonds is 3. The van der Waals surface area contributed by atoms with Gasteiger partial charge < -0.3 is 0 Å². The van der Waals surface area contributed by atoms with Gasteiger partial charge >= 0.3 is 0 Å². The molecule has 128 valence electrons. The molecule has 3 atom stereocenters. The van der Waals surface area contributed by atoms with Gasteiger partial charge in [-0.25, -0.2) is 0 Å². The molecule has 0 N–H and O–H groups in total. The molecule has 3 unspecified atom stereocenters. The summed E-state index contributed by atoms with van der Waals surface area (Å²) >= 11 is 0. The molecule has 0 saturated heterocycles. The summed E-state index contributed by atoms with van der Waals surface area (Å²) in [4.78, 5) is 13.4. The van der Waals surface area contributed by atoms with Crippen LogP contribution in [0.5, 0.6) is 0 Å². The summed E-state index contributed by atoms with van der Waals surface area (Å²) in [6, 6.07) is 11.3. The zero-order valence-electron chi connectivity index (χ0n) is 15.1. The minimum Gasteiger partial charge on any atom is -0.294 e. The van der Waals surface area contributed by atoms with Crippen molar-refractivity contribution in [3.8, 4) is 0 Å². The number of Topliss-reactive ketones (excluding diaryl/α,β-unsaturated/α-hetero) is 1. The summed E-state index contributed by atoms with van der Waals surface area (Å²) in [7, 11) is 0. The van der Waals surface area contributed by atoms with Crippen LogP contribution in [0.4, 0.5) is 0 Å². The van der Waals surface area contributed by atoms with Gasteiger partial charge in [0, 0.05) is 11.0 Å². The van der Waals surface area contributed by atoms with Crippen molar-refractivity contribution in [2.24, 2.45) is 17.3 Å². The van der Waals surface area contributed by atoms with Crippen LogP contribution in [0.2, 0.25) is 0 Å². The van der Waals surface area contributed by atoms with Gasteiger partial charge in [0.15, 0.2) is 5.78 Å². The third-order valence-electron chi connectivity index (χ3n) is 6.99. The van der Waals surface area contributed by atoms with Crippen LogP contribution < -0.4 is 0 Å². The van der Waals surface area contributed by atoms with E-state index in [4.69, 9.17) is 0 Å². The van der Waals surface area contributed by atoms with Crippen molar-refractivity contribution >= 4 is 16.6 Å². The molecule has 3 aliphatic rings. The molecule has 25 heavy (non-hydrogen) atoms. The molecule has 1 fully saturated rings. The van der Waals surface area contributed by atoms with Gasteiger partial charge in [-0.3, -0.25) is 4.79 Å². The minimum absolute atomic E-state index is 0.0822. The van der Waals surface area contributed by atoms with Gasteiger partial charge in [-0.15, -0.1) is 0 Å². The number of unbranched alkanes of at least 4 members (excludes halogenated alkanes) is 1. The number of fused-ring (bicyclic) bond motifs is 5. The van der Waals surface area contributed by atoms with Crippen LogP contribution >= 0.6 is 0 Å². The molecule has 0 aromatic heterocycles. The van der Waals surface area contributed by atoms with E-state index in [1.54, 1.807) is 0 Å². The SMILES string of the molecule is CCCCc1ccc2cc3c(cc2c1)CCC1(CC2C=CC1C2)C3=O. The van der Waals surface area contributed by atoms with E-state index in [1.807, 2.05) is 0 Å². The van der Waals surface area contributed by atoms with Crippen molar-refractivity contribution in [3.05, 3.63) is 59.2 Å². The fourth-order valence-electron chi connectivity index (χ4n) is 5.59. The fourth-order valence-corrected chi connectivity index (χ4v) is 5.59. The Morgan fingerprint density at radius 1 is 1.12 bits per heavy atom. The molecule has 5 rings (SSSR count). The third-order valence-corrected chi connectivity index (χ3v) is 6.99. The minimum atomic E-state index is -0.0822. The summed E-state index contributed by atoms with van der Waals surface area (Å²) in [6.07, 6.45) is 12.7. The normalized spacial score (nSPS) is 29.7. The number of hydrogen-bond acceptors (Lipinski definition) is 1. The van der Waals surface area contributed by atoms with Crippen LogP contribution in [-0.4, -0.2) is 5.78 Å². The van der Waals surface area contributed by atoms with Gasteiger partial charge in [0.2, 0.25) is 0 Å². The van der Waals surface area contributed by atoms with Gasteiger partial charge in [-0.05, 0) is 78.3 Å². The Morgan fingerprint density at radius 2 is 2.04 bits per heavy atom. The van der Waals surface area contributed by atoms with Crippen LogP contribution in [0.3, 0.4) is 0 Å². The molecule has 0 radical (unpaired) electrons. The maximum atomic E-state index is 13.4. The molecule has 1 heteroatoms. The number of ketones is 1. The lowest BCUT2D eigenvalue weighted by Gasteiger charge is -2.38. The molecule has 2 bridgehead atoms. The van der Waals surface area contributed by atoms with Gasteiger partial charge in [0.25, 0.3) is 0 Å². The molecule has 0 amide bonds. The van der Waals surface area contributed by atoms with E-state index in [0.29, 0.717) is 17.6 Å². The summed E-state index contributed by atoms with van der Waals surface area (Å²) in [5, 5.41) is 2.53. The van der Waals surface area contributed by atoms with E-state index < -0.39 is 0 Å². The smallest absolute Gasteiger partial charge is 0.169 e. The topological polar surface area (TPSA) is 17.1 Å². The Hall–Kier alpha value is -1.89. The van der Waals surface area contributed by atoms with E-state index in [2.05, 4.69) is 49.4 Å². The van der Waals surface area contributed by atoms with E-state index in [0.717, 1.165) is 31.2 Å². The zero-order valence-corrected chi connectivity index (χ0v) is 15.1. The quantitative estimate of drug-likeness (QED) is 0.641. The van der Waals surface area contributed by atoms with Gasteiger partial charge in [-0.2, -0.15) is 0 Å². The third kappa shape index (κ3) is 2.25. The molecule has 1 saturated carbocycles. The Labute approximate surface area is 150 Å². The highest BCUT2D eigenvalue weighted by atomic mass is 16.1. The van der Waals surface area contributed by atoms with Crippen LogP contribution in [-0.2, 0) is 12.8 Å². The summed E-state index contributed by atoms with van der Waals surface area (Å²) in [5.41, 5.74) is 3.64. The number of aryl methyl sites for hydroxylation is 2. The highest BCUT2D eigenvalue weighted by Crippen LogP contribution is 2.57. The number of benzene rings is 2. The Balaban J connectivity index is 1.55. The molecule has 0 heterocycles. The maximum Gasteiger partial charge on any atom is 0.169 e. The van der Waals surface area contributed by atoms with Crippen molar-refractivity contribution < 1.29 is 4.79 Å². The monoisotopic (exact) mass is 330 g/mol. The van der Waals surface area contributed by atoms with Gasteiger partial charge in [-0.1, -0.05) is 49.8 Å². The first-order valence-corrected chi connectivity index (χ1v) is 9.98. The van der Waals surface area contributed by atoms with Crippen LogP contribution in [0, 0.1) is 17.3 Å². The van der Waals surface area contributed by atoms with E-state index >= 15 is 0 Å². The highest BCUT2D eigenvalue weighted by Gasteiger charge is 2.54. The average Bonchev–Trinajstić information content (AvgIpc) is 3.24. The second-order valence-corrected chi connectivity index (χ2v) is 8.47. The fraction of sp³-hybridized carbons (Fsp3) is 0.458. The predicted molar refractivity (Wildman–Crippen MR) is 103 cm³/mol. The molecular weight excluding hydrogens is 304 g/mol. The van der Waals surface area contributed by atoms with E-state index in [1.165, 1.54) is 41.2 Å². The number of allylic oxidation sites excluding steroid dienone is 2. The summed E-state index contributed by atoms with van der Waals surface area (Å²) in [5.74, 6) is 1.57. The van der Waals surface area contributed by atoms with Crippen LogP contribution in [0.1, 0.15) is 60.5 Å². The number of carbonyl (C=O) groups is 1. The first kappa shape index (κ1) is 15.4. The van der Waals surface area contributed by atoms with Crippen LogP contribution in [0.15, 0.2) is 42.5 Å². The van der Waals surface area contributed by atoms with Crippen molar-refractivity contribution in [1.29, 1.82) is 0 Å². The highest BCUT2D eigenvalue weighted by molar-refractivity contribution is 6.06. The first-order valence-electron chi connectivity index (χ1n) is 9.98. The second-order valence-electron chi connectivity index (χ2n) is 8.47. The van der Waals surface area contributed by atoms with Crippen molar-refractivity contribution in [2.45, 2.75) is 51.9 Å². The van der Waals surface area contributed by atoms with Crippen LogP contribution in [0.25, 0.3) is 10.8 Å². The molecule has 0 aliphatic heterocycles. The molecule has 2 aromatic rings. The Bertz CT molecular complexity index is 890. The maximum absolute atomic E-state index is 13.4. The van der Waals surface area contributed by atoms with E-state index in [-0.39, 0.29) is 5.41 Å². The van der Waals surface area contributed by atoms with Crippen molar-refractivity contribution in [3.63, 3.8) is 0 Å². The summed E-state index contributed by atoms with van der Waals surface area (Å²) < 4.78 is 0. The van der Waals surface area contributed by atoms with E-state index in [9.17, 15) is 4.79 Å². The van der Waals surface area contributed by atoms with Gasteiger partial charge in [0.1, 0.15) is 0 Å². The zero-order chi connectivity index (χ0) is 17.0. The number of hydrogen-bond donors (Lipinski definition) is 0. The average molecular weight is 330 g/mol. The molecule has 3 aliphatic carbocycles. The Morgan fingerprint density at radius 3 is 2.80 bits per heavy atom.